The van der Waals surface area contributed by atoms with Crippen LogP contribution in [0.4, 0.5) is 22.7 Å². The fourth-order valence-electron chi connectivity index (χ4n) is 2.55. The highest BCUT2D eigenvalue weighted by molar-refractivity contribution is 5.74. The number of non-ortho nitro benzene ring substituents is 1. The number of rotatable bonds is 3. The summed E-state index contributed by atoms with van der Waals surface area (Å²) in [5, 5.41) is 11.0. The number of hydrazine groups is 1. The summed E-state index contributed by atoms with van der Waals surface area (Å²) >= 11 is 0. The van der Waals surface area contributed by atoms with Gasteiger partial charge in [0.1, 0.15) is 0 Å². The van der Waals surface area contributed by atoms with Crippen molar-refractivity contribution in [2.45, 2.75) is 6.42 Å². The van der Waals surface area contributed by atoms with Crippen molar-refractivity contribution < 1.29 is 4.92 Å². The van der Waals surface area contributed by atoms with Crippen molar-refractivity contribution in [3.8, 4) is 0 Å². The van der Waals surface area contributed by atoms with Gasteiger partial charge in [0.05, 0.1) is 16.3 Å². The molecule has 3 N–H and O–H groups in total. The minimum absolute atomic E-state index is 0.0276. The summed E-state index contributed by atoms with van der Waals surface area (Å²) in [7, 11) is 0. The van der Waals surface area contributed by atoms with Crippen molar-refractivity contribution in [3.63, 3.8) is 0 Å². The third kappa shape index (κ3) is 2.06. The Bertz CT molecular complexity index is 672. The van der Waals surface area contributed by atoms with Gasteiger partial charge in [-0.1, -0.05) is 18.2 Å². The van der Waals surface area contributed by atoms with Crippen LogP contribution < -0.4 is 16.2 Å². The van der Waals surface area contributed by atoms with Crippen molar-refractivity contribution in [1.29, 1.82) is 0 Å². The van der Waals surface area contributed by atoms with Crippen molar-refractivity contribution in [1.82, 2.24) is 0 Å². The minimum atomic E-state index is -0.410. The highest BCUT2D eigenvalue weighted by Crippen LogP contribution is 2.37. The molecule has 1 aliphatic rings. The predicted molar refractivity (Wildman–Crippen MR) is 78.1 cm³/mol. The number of nitro benzene ring substituents is 1. The van der Waals surface area contributed by atoms with Gasteiger partial charge >= 0.3 is 0 Å². The van der Waals surface area contributed by atoms with Gasteiger partial charge in [-0.15, -0.1) is 0 Å². The van der Waals surface area contributed by atoms with E-state index in [4.69, 9.17) is 5.84 Å². The molecule has 0 bridgehead atoms. The topological polar surface area (TPSA) is 84.4 Å². The normalized spacial score (nSPS) is 13.2. The maximum atomic E-state index is 11.0. The summed E-state index contributed by atoms with van der Waals surface area (Å²) in [6.07, 6.45) is 0.935. The molecule has 0 aromatic heterocycles. The molecule has 1 aliphatic heterocycles. The molecule has 0 radical (unpaired) electrons. The average molecular weight is 270 g/mol. The molecule has 20 heavy (non-hydrogen) atoms. The van der Waals surface area contributed by atoms with E-state index < -0.39 is 4.92 Å². The van der Waals surface area contributed by atoms with Crippen LogP contribution in [-0.2, 0) is 6.42 Å². The van der Waals surface area contributed by atoms with Crippen molar-refractivity contribution >= 4 is 22.7 Å². The van der Waals surface area contributed by atoms with Crippen molar-refractivity contribution in [2.24, 2.45) is 5.84 Å². The van der Waals surface area contributed by atoms with Crippen molar-refractivity contribution in [3.05, 3.63) is 58.1 Å². The third-order valence-corrected chi connectivity index (χ3v) is 3.48. The second kappa shape index (κ2) is 4.82. The van der Waals surface area contributed by atoms with E-state index in [9.17, 15) is 10.1 Å². The molecule has 0 saturated carbocycles. The van der Waals surface area contributed by atoms with Gasteiger partial charge in [-0.05, 0) is 24.1 Å². The molecule has 6 nitrogen and oxygen atoms in total. The molecule has 0 unspecified atom stereocenters. The Labute approximate surface area is 115 Å². The van der Waals surface area contributed by atoms with Crippen LogP contribution in [0.5, 0.6) is 0 Å². The van der Waals surface area contributed by atoms with E-state index in [1.807, 2.05) is 24.3 Å². The molecule has 6 heteroatoms. The number of nitrogens with two attached hydrogens (primary N) is 1. The second-order valence-corrected chi connectivity index (χ2v) is 4.67. The van der Waals surface area contributed by atoms with Crippen LogP contribution in [0.2, 0.25) is 0 Å². The Morgan fingerprint density at radius 3 is 2.80 bits per heavy atom. The Hall–Kier alpha value is -2.60. The van der Waals surface area contributed by atoms with Gasteiger partial charge in [0, 0.05) is 24.4 Å². The summed E-state index contributed by atoms with van der Waals surface area (Å²) in [6, 6.07) is 12.9. The number of nitro groups is 1. The first-order valence-corrected chi connectivity index (χ1v) is 6.30. The SMILES string of the molecule is NNc1cc(N2CCc3ccccc32)cc([N+](=O)[O-])c1. The first kappa shape index (κ1) is 12.4. The maximum Gasteiger partial charge on any atom is 0.273 e. The van der Waals surface area contributed by atoms with Crippen molar-refractivity contribution in [2.75, 3.05) is 16.9 Å². The van der Waals surface area contributed by atoms with Gasteiger partial charge in [-0.3, -0.25) is 16.0 Å². The van der Waals surface area contributed by atoms with Gasteiger partial charge in [-0.2, -0.15) is 0 Å². The Balaban J connectivity index is 2.07. The van der Waals surface area contributed by atoms with E-state index in [2.05, 4.69) is 16.4 Å². The Morgan fingerprint density at radius 2 is 2.05 bits per heavy atom. The zero-order valence-electron chi connectivity index (χ0n) is 10.7. The Kier molecular flexibility index (Phi) is 3.00. The molecule has 0 amide bonds. The van der Waals surface area contributed by atoms with E-state index in [-0.39, 0.29) is 5.69 Å². The minimum Gasteiger partial charge on any atom is -0.341 e. The molecule has 1 heterocycles. The lowest BCUT2D eigenvalue weighted by Gasteiger charge is -2.20. The zero-order chi connectivity index (χ0) is 14.1. The highest BCUT2D eigenvalue weighted by Gasteiger charge is 2.22. The van der Waals surface area contributed by atoms with Gasteiger partial charge in [-0.25, -0.2) is 0 Å². The van der Waals surface area contributed by atoms with E-state index in [0.717, 1.165) is 24.3 Å². The van der Waals surface area contributed by atoms with Gasteiger partial charge in [0.15, 0.2) is 0 Å². The zero-order valence-corrected chi connectivity index (χ0v) is 10.7. The number of fused-ring (bicyclic) bond motifs is 1. The standard InChI is InChI=1S/C14H14N4O2/c15-16-11-7-12(9-13(8-11)18(19)20)17-6-5-10-3-1-2-4-14(10)17/h1-4,7-9,16H,5-6,15H2. The molecule has 3 rings (SSSR count). The predicted octanol–water partition coefficient (Wildman–Crippen LogP) is 2.57. The molecule has 102 valence electrons. The first-order valence-electron chi connectivity index (χ1n) is 6.30. The van der Waals surface area contributed by atoms with Crippen LogP contribution in [0.25, 0.3) is 0 Å². The monoisotopic (exact) mass is 270 g/mol. The number of nitrogens with zero attached hydrogens (tertiary/aromatic N) is 2. The molecule has 0 aliphatic carbocycles. The largest absolute Gasteiger partial charge is 0.341 e. The quantitative estimate of drug-likeness (QED) is 0.508. The highest BCUT2D eigenvalue weighted by atomic mass is 16.6. The van der Waals surface area contributed by atoms with E-state index >= 15 is 0 Å². The fraction of sp³-hybridized carbons (Fsp3) is 0.143. The van der Waals surface area contributed by atoms with E-state index in [1.54, 1.807) is 6.07 Å². The number of hydrogen-bond acceptors (Lipinski definition) is 5. The summed E-state index contributed by atoms with van der Waals surface area (Å²) in [5.41, 5.74) is 6.15. The number of benzene rings is 2. The molecule has 0 atom stereocenters. The number of hydrogen-bond donors (Lipinski definition) is 2. The molecule has 2 aromatic carbocycles. The van der Waals surface area contributed by atoms with Gasteiger partial charge in [0.25, 0.3) is 5.69 Å². The lowest BCUT2D eigenvalue weighted by Crippen LogP contribution is -2.15. The maximum absolute atomic E-state index is 11.0. The average Bonchev–Trinajstić information content (AvgIpc) is 2.90. The molecule has 0 spiro atoms. The van der Waals surface area contributed by atoms with Crippen LogP contribution in [0.1, 0.15) is 5.56 Å². The molecule has 0 saturated heterocycles. The number of nitrogens with one attached hydrogen (secondary N) is 1. The van der Waals surface area contributed by atoms with Crippen LogP contribution in [-0.4, -0.2) is 11.5 Å². The summed E-state index contributed by atoms with van der Waals surface area (Å²) in [6.45, 7) is 0.810. The lowest BCUT2D eigenvalue weighted by molar-refractivity contribution is -0.384. The summed E-state index contributed by atoms with van der Waals surface area (Å²) < 4.78 is 0. The smallest absolute Gasteiger partial charge is 0.273 e. The number of nitrogen functional groups attached to an aromatic ring is 1. The van der Waals surface area contributed by atoms with Crippen LogP contribution in [0, 0.1) is 10.1 Å². The molecule has 0 fully saturated rings. The van der Waals surface area contributed by atoms with Crippen LogP contribution >= 0.6 is 0 Å². The van der Waals surface area contributed by atoms with Crippen LogP contribution in [0.3, 0.4) is 0 Å². The molecule has 2 aromatic rings. The number of para-hydroxylation sites is 1. The van der Waals surface area contributed by atoms with Gasteiger partial charge < -0.3 is 10.3 Å². The second-order valence-electron chi connectivity index (χ2n) is 4.67. The first-order chi connectivity index (χ1) is 9.69. The molecular weight excluding hydrogens is 256 g/mol. The number of anilines is 3. The lowest BCUT2D eigenvalue weighted by atomic mass is 10.2. The third-order valence-electron chi connectivity index (χ3n) is 3.48. The summed E-state index contributed by atoms with van der Waals surface area (Å²) in [4.78, 5) is 12.7. The molecular formula is C14H14N4O2. The van der Waals surface area contributed by atoms with Gasteiger partial charge in [0.2, 0.25) is 0 Å². The summed E-state index contributed by atoms with van der Waals surface area (Å²) in [5.74, 6) is 5.39. The van der Waals surface area contributed by atoms with E-state index in [1.165, 1.54) is 11.6 Å². The van der Waals surface area contributed by atoms with Crippen LogP contribution in [0.15, 0.2) is 42.5 Å². The Morgan fingerprint density at radius 1 is 1.25 bits per heavy atom. The van der Waals surface area contributed by atoms with E-state index in [0.29, 0.717) is 5.69 Å². The fourth-order valence-corrected chi connectivity index (χ4v) is 2.55.